The Morgan fingerprint density at radius 3 is 2.42 bits per heavy atom. The van der Waals surface area contributed by atoms with Crippen LogP contribution < -0.4 is 0 Å². The highest BCUT2D eigenvalue weighted by Crippen LogP contribution is 2.40. The van der Waals surface area contributed by atoms with Crippen LogP contribution in [-0.4, -0.2) is 47.4 Å². The fourth-order valence-corrected chi connectivity index (χ4v) is 3.25. The van der Waals surface area contributed by atoms with Gasteiger partial charge in [-0.25, -0.2) is 10.0 Å². The lowest BCUT2D eigenvalue weighted by Gasteiger charge is -2.27. The maximum Gasteiger partial charge on any atom is 0.103 e. The number of likely N-dealkylation sites (N-methyl/N-ethyl adjacent to an activating group) is 1. The molecule has 0 aliphatic carbocycles. The van der Waals surface area contributed by atoms with E-state index in [9.17, 15) is 0 Å². The summed E-state index contributed by atoms with van der Waals surface area (Å²) in [6.45, 7) is 5.99. The molecule has 0 saturated carbocycles. The van der Waals surface area contributed by atoms with Crippen molar-refractivity contribution in [1.29, 1.82) is 0 Å². The average molecular weight is 259 g/mol. The largest absolute Gasteiger partial charge is 0.289 e. The van der Waals surface area contributed by atoms with Crippen LogP contribution in [0, 0.1) is 0 Å². The van der Waals surface area contributed by atoms with E-state index in [0.29, 0.717) is 0 Å². The Hall–Kier alpha value is -0.900. The smallest absolute Gasteiger partial charge is 0.103 e. The molecule has 2 unspecified atom stereocenters. The van der Waals surface area contributed by atoms with Gasteiger partial charge in [0.1, 0.15) is 5.66 Å². The van der Waals surface area contributed by atoms with Crippen molar-refractivity contribution in [3.63, 3.8) is 0 Å². The maximum atomic E-state index is 2.59. The van der Waals surface area contributed by atoms with Crippen LogP contribution in [-0.2, 0) is 6.42 Å². The Morgan fingerprint density at radius 1 is 1.05 bits per heavy atom. The molecule has 2 aliphatic heterocycles. The van der Waals surface area contributed by atoms with Gasteiger partial charge in [-0.3, -0.25) is 4.90 Å². The van der Waals surface area contributed by atoms with Crippen molar-refractivity contribution >= 4 is 0 Å². The van der Waals surface area contributed by atoms with Crippen molar-refractivity contribution in [2.24, 2.45) is 0 Å². The van der Waals surface area contributed by atoms with Crippen LogP contribution in [0.25, 0.3) is 0 Å². The molecule has 0 amide bonds. The molecule has 0 spiro atoms. The minimum absolute atomic E-state index is 0.207. The second-order valence-corrected chi connectivity index (χ2v) is 6.12. The summed E-state index contributed by atoms with van der Waals surface area (Å²) in [4.78, 5) is 2.59. The van der Waals surface area contributed by atoms with Crippen LogP contribution >= 0.6 is 0 Å². The third-order valence-electron chi connectivity index (χ3n) is 4.74. The van der Waals surface area contributed by atoms with Crippen molar-refractivity contribution in [3.05, 3.63) is 35.9 Å². The van der Waals surface area contributed by atoms with Crippen molar-refractivity contribution in [3.8, 4) is 0 Å². The molecule has 3 atom stereocenters. The van der Waals surface area contributed by atoms with E-state index in [2.05, 4.69) is 59.2 Å². The van der Waals surface area contributed by atoms with Crippen molar-refractivity contribution < 1.29 is 0 Å². The number of hydrogen-bond donors (Lipinski definition) is 0. The molecule has 2 fully saturated rings. The first-order valence-electron chi connectivity index (χ1n) is 7.48. The molecule has 3 heteroatoms. The number of rotatable bonds is 4. The first kappa shape index (κ1) is 13.1. The Kier molecular flexibility index (Phi) is 3.61. The fourth-order valence-electron chi connectivity index (χ4n) is 3.25. The van der Waals surface area contributed by atoms with Gasteiger partial charge in [0, 0.05) is 13.5 Å². The van der Waals surface area contributed by atoms with Crippen molar-refractivity contribution in [2.45, 2.75) is 38.3 Å². The number of nitrogens with zero attached hydrogens (tertiary/aromatic N) is 3. The summed E-state index contributed by atoms with van der Waals surface area (Å²) >= 11 is 0. The number of piperidine rings is 1. The van der Waals surface area contributed by atoms with Crippen LogP contribution in [0.1, 0.15) is 31.7 Å². The predicted octanol–water partition coefficient (Wildman–Crippen LogP) is 2.55. The zero-order valence-electron chi connectivity index (χ0n) is 12.2. The van der Waals surface area contributed by atoms with Crippen molar-refractivity contribution in [2.75, 3.05) is 26.8 Å². The highest BCUT2D eigenvalue weighted by molar-refractivity contribution is 5.19. The van der Waals surface area contributed by atoms with Gasteiger partial charge in [-0.05, 0) is 38.4 Å². The molecule has 2 aliphatic rings. The van der Waals surface area contributed by atoms with E-state index < -0.39 is 0 Å². The highest BCUT2D eigenvalue weighted by atomic mass is 15.9. The molecule has 104 valence electrons. The second kappa shape index (κ2) is 5.23. The number of hydrazine groups is 1. The van der Waals surface area contributed by atoms with E-state index in [4.69, 9.17) is 0 Å². The molecule has 0 bridgehead atoms. The molecule has 0 N–H and O–H groups in total. The summed E-state index contributed by atoms with van der Waals surface area (Å²) in [7, 11) is 2.22. The van der Waals surface area contributed by atoms with Crippen molar-refractivity contribution in [1.82, 2.24) is 14.9 Å². The van der Waals surface area contributed by atoms with Gasteiger partial charge >= 0.3 is 0 Å². The number of benzene rings is 1. The van der Waals surface area contributed by atoms with Crippen LogP contribution in [0.5, 0.6) is 0 Å². The topological polar surface area (TPSA) is 9.26 Å². The average Bonchev–Trinajstić information content (AvgIpc) is 2.93. The lowest BCUT2D eigenvalue weighted by Crippen LogP contribution is -2.36. The zero-order valence-corrected chi connectivity index (χ0v) is 12.2. The summed E-state index contributed by atoms with van der Waals surface area (Å²) in [5.41, 5.74) is 1.64. The quantitative estimate of drug-likeness (QED) is 0.769. The van der Waals surface area contributed by atoms with Gasteiger partial charge in [0.05, 0.1) is 6.67 Å². The fraction of sp³-hybridized carbons (Fsp3) is 0.625. The molecule has 2 heterocycles. The summed E-state index contributed by atoms with van der Waals surface area (Å²) < 4.78 is 0. The summed E-state index contributed by atoms with van der Waals surface area (Å²) in [5.74, 6) is 0. The SMILES string of the molecule is CN1N(CN2CCCCC2)[C@]1(C)Cc1ccccc1. The predicted molar refractivity (Wildman–Crippen MR) is 78.4 cm³/mol. The third-order valence-corrected chi connectivity index (χ3v) is 4.74. The maximum absolute atomic E-state index is 2.59. The standard InChI is InChI=1S/C16H25N3/c1-16(13-15-9-5-3-6-10-15)17(2)19(16)14-18-11-7-4-8-12-18/h3,5-6,9-10H,4,7-8,11-14H2,1-2H3/t16-,17?,19?/m1/s1. The first-order chi connectivity index (χ1) is 9.20. The number of hydrogen-bond acceptors (Lipinski definition) is 3. The molecule has 3 nitrogen and oxygen atoms in total. The van der Waals surface area contributed by atoms with Crippen LogP contribution in [0.15, 0.2) is 30.3 Å². The molecule has 0 aromatic heterocycles. The lowest BCUT2D eigenvalue weighted by atomic mass is 10.0. The molecule has 3 rings (SSSR count). The van der Waals surface area contributed by atoms with Gasteiger partial charge in [0.2, 0.25) is 0 Å². The van der Waals surface area contributed by atoms with Gasteiger partial charge in [-0.15, -0.1) is 0 Å². The summed E-state index contributed by atoms with van der Waals surface area (Å²) in [5, 5.41) is 4.90. The van der Waals surface area contributed by atoms with E-state index in [-0.39, 0.29) is 5.66 Å². The highest BCUT2D eigenvalue weighted by Gasteiger charge is 2.54. The second-order valence-electron chi connectivity index (χ2n) is 6.12. The van der Waals surface area contributed by atoms with E-state index in [1.54, 1.807) is 0 Å². The van der Waals surface area contributed by atoms with Crippen LogP contribution in [0.2, 0.25) is 0 Å². The van der Waals surface area contributed by atoms with Crippen LogP contribution in [0.3, 0.4) is 0 Å². The normalized spacial score (nSPS) is 35.3. The molecule has 1 aromatic rings. The first-order valence-corrected chi connectivity index (χ1v) is 7.48. The minimum Gasteiger partial charge on any atom is -0.289 e. The Bertz CT molecular complexity index is 413. The lowest BCUT2D eigenvalue weighted by molar-refractivity contribution is 0.140. The van der Waals surface area contributed by atoms with E-state index in [0.717, 1.165) is 13.1 Å². The molecular weight excluding hydrogens is 234 g/mol. The van der Waals surface area contributed by atoms with Gasteiger partial charge in [0.15, 0.2) is 0 Å². The van der Waals surface area contributed by atoms with Gasteiger partial charge < -0.3 is 0 Å². The Balaban J connectivity index is 1.59. The van der Waals surface area contributed by atoms with E-state index >= 15 is 0 Å². The monoisotopic (exact) mass is 259 g/mol. The van der Waals surface area contributed by atoms with Gasteiger partial charge in [-0.2, -0.15) is 0 Å². The Labute approximate surface area is 116 Å². The minimum atomic E-state index is 0.207. The van der Waals surface area contributed by atoms with E-state index in [1.807, 2.05) is 0 Å². The Morgan fingerprint density at radius 2 is 1.74 bits per heavy atom. The summed E-state index contributed by atoms with van der Waals surface area (Å²) in [6, 6.07) is 10.8. The zero-order chi connectivity index (χ0) is 13.3. The van der Waals surface area contributed by atoms with Gasteiger partial charge in [0.25, 0.3) is 0 Å². The summed E-state index contributed by atoms with van der Waals surface area (Å²) in [6.07, 6.45) is 5.26. The van der Waals surface area contributed by atoms with E-state index in [1.165, 1.54) is 37.9 Å². The molecular formula is C16H25N3. The van der Waals surface area contributed by atoms with Gasteiger partial charge in [-0.1, -0.05) is 36.8 Å². The molecule has 2 saturated heterocycles. The molecule has 19 heavy (non-hydrogen) atoms. The third kappa shape index (κ3) is 2.69. The van der Waals surface area contributed by atoms with Crippen LogP contribution in [0.4, 0.5) is 0 Å². The molecule has 0 radical (unpaired) electrons. The number of likely N-dealkylation sites (tertiary alicyclic amines) is 1. The molecule has 1 aromatic carbocycles.